The SMILES string of the molecule is Cc1cc(C(=O)[C@@H](C)O)ncc1Br. The topological polar surface area (TPSA) is 50.2 Å². The molecule has 13 heavy (non-hydrogen) atoms. The molecule has 70 valence electrons. The summed E-state index contributed by atoms with van der Waals surface area (Å²) in [7, 11) is 0. The number of aryl methyl sites for hydroxylation is 1. The number of Topliss-reactive ketones (excluding diaryl/α,β-unsaturated/α-hetero) is 1. The van der Waals surface area contributed by atoms with Gasteiger partial charge in [0.1, 0.15) is 11.8 Å². The van der Waals surface area contributed by atoms with E-state index in [1.807, 2.05) is 6.92 Å². The molecule has 0 radical (unpaired) electrons. The van der Waals surface area contributed by atoms with Crippen LogP contribution in [0.15, 0.2) is 16.7 Å². The molecule has 0 saturated heterocycles. The summed E-state index contributed by atoms with van der Waals surface area (Å²) in [6.07, 6.45) is 0.568. The van der Waals surface area contributed by atoms with Crippen LogP contribution >= 0.6 is 15.9 Å². The van der Waals surface area contributed by atoms with Gasteiger partial charge in [-0.1, -0.05) is 0 Å². The average molecular weight is 244 g/mol. The number of nitrogens with zero attached hydrogens (tertiary/aromatic N) is 1. The summed E-state index contributed by atoms with van der Waals surface area (Å²) in [4.78, 5) is 15.2. The van der Waals surface area contributed by atoms with Gasteiger partial charge in [0.15, 0.2) is 0 Å². The standard InChI is InChI=1S/C9H10BrNO2/c1-5-3-8(9(13)6(2)12)11-4-7(5)10/h3-4,6,12H,1-2H3/t6-/m1/s1. The lowest BCUT2D eigenvalue weighted by molar-refractivity contribution is 0.0774. The van der Waals surface area contributed by atoms with Crippen LogP contribution in [0.3, 0.4) is 0 Å². The van der Waals surface area contributed by atoms with E-state index >= 15 is 0 Å². The first-order valence-electron chi connectivity index (χ1n) is 3.87. The average Bonchev–Trinajstić information content (AvgIpc) is 2.08. The van der Waals surface area contributed by atoms with Crippen LogP contribution in [0, 0.1) is 6.92 Å². The largest absolute Gasteiger partial charge is 0.385 e. The van der Waals surface area contributed by atoms with Gasteiger partial charge in [-0.05, 0) is 41.4 Å². The predicted octanol–water partition coefficient (Wildman–Crippen LogP) is 1.72. The molecule has 1 atom stereocenters. The van der Waals surface area contributed by atoms with Crippen LogP contribution in [0.2, 0.25) is 0 Å². The zero-order chi connectivity index (χ0) is 10.0. The summed E-state index contributed by atoms with van der Waals surface area (Å²) < 4.78 is 0.856. The van der Waals surface area contributed by atoms with Crippen molar-refractivity contribution in [3.63, 3.8) is 0 Å². The number of halogens is 1. The van der Waals surface area contributed by atoms with Crippen molar-refractivity contribution in [2.24, 2.45) is 0 Å². The molecule has 0 aliphatic rings. The highest BCUT2D eigenvalue weighted by Gasteiger charge is 2.13. The van der Waals surface area contributed by atoms with Crippen molar-refractivity contribution in [3.8, 4) is 0 Å². The molecule has 0 bridgehead atoms. The number of aromatic nitrogens is 1. The summed E-state index contributed by atoms with van der Waals surface area (Å²) >= 11 is 3.28. The highest BCUT2D eigenvalue weighted by atomic mass is 79.9. The lowest BCUT2D eigenvalue weighted by Crippen LogP contribution is -2.17. The van der Waals surface area contributed by atoms with Gasteiger partial charge in [-0.2, -0.15) is 0 Å². The molecule has 1 aromatic rings. The van der Waals surface area contributed by atoms with Crippen LogP contribution in [-0.4, -0.2) is 22.0 Å². The van der Waals surface area contributed by atoms with Gasteiger partial charge < -0.3 is 5.11 Å². The predicted molar refractivity (Wildman–Crippen MR) is 52.7 cm³/mol. The van der Waals surface area contributed by atoms with Crippen LogP contribution in [0.5, 0.6) is 0 Å². The summed E-state index contributed by atoms with van der Waals surface area (Å²) in [6, 6.07) is 1.65. The molecule has 1 aromatic heterocycles. The van der Waals surface area contributed by atoms with E-state index in [0.29, 0.717) is 5.69 Å². The maximum Gasteiger partial charge on any atom is 0.209 e. The highest BCUT2D eigenvalue weighted by molar-refractivity contribution is 9.10. The number of aliphatic hydroxyl groups is 1. The molecule has 0 aliphatic carbocycles. The van der Waals surface area contributed by atoms with E-state index in [9.17, 15) is 4.79 Å². The van der Waals surface area contributed by atoms with E-state index < -0.39 is 6.10 Å². The monoisotopic (exact) mass is 243 g/mol. The van der Waals surface area contributed by atoms with Crippen molar-refractivity contribution in [1.29, 1.82) is 0 Å². The van der Waals surface area contributed by atoms with E-state index in [1.165, 1.54) is 6.92 Å². The third-order valence-corrected chi connectivity index (χ3v) is 2.51. The van der Waals surface area contributed by atoms with E-state index in [2.05, 4.69) is 20.9 Å². The van der Waals surface area contributed by atoms with E-state index in [-0.39, 0.29) is 5.78 Å². The smallest absolute Gasteiger partial charge is 0.209 e. The third kappa shape index (κ3) is 2.35. The Morgan fingerprint density at radius 1 is 1.69 bits per heavy atom. The summed E-state index contributed by atoms with van der Waals surface area (Å²) in [5, 5.41) is 9.03. The first kappa shape index (κ1) is 10.3. The van der Waals surface area contributed by atoms with Gasteiger partial charge in [0.05, 0.1) is 0 Å². The Kier molecular flexibility index (Phi) is 3.17. The van der Waals surface area contributed by atoms with Gasteiger partial charge in [0.25, 0.3) is 0 Å². The number of rotatable bonds is 2. The minimum absolute atomic E-state index is 0.302. The van der Waals surface area contributed by atoms with Gasteiger partial charge in [-0.25, -0.2) is 0 Å². The molecule has 0 spiro atoms. The van der Waals surface area contributed by atoms with Gasteiger partial charge in [0.2, 0.25) is 5.78 Å². The Hall–Kier alpha value is -0.740. The highest BCUT2D eigenvalue weighted by Crippen LogP contribution is 2.15. The second-order valence-electron chi connectivity index (χ2n) is 2.86. The number of aliphatic hydroxyl groups excluding tert-OH is 1. The zero-order valence-corrected chi connectivity index (χ0v) is 9.00. The van der Waals surface area contributed by atoms with Crippen molar-refractivity contribution in [2.75, 3.05) is 0 Å². The van der Waals surface area contributed by atoms with E-state index in [4.69, 9.17) is 5.11 Å². The van der Waals surface area contributed by atoms with Crippen LogP contribution in [0.4, 0.5) is 0 Å². The van der Waals surface area contributed by atoms with Crippen molar-refractivity contribution in [3.05, 3.63) is 28.0 Å². The van der Waals surface area contributed by atoms with Gasteiger partial charge in [0, 0.05) is 10.7 Å². The van der Waals surface area contributed by atoms with Gasteiger partial charge in [-0.3, -0.25) is 9.78 Å². The van der Waals surface area contributed by atoms with Crippen molar-refractivity contribution in [1.82, 2.24) is 4.98 Å². The maximum absolute atomic E-state index is 11.3. The minimum atomic E-state index is -0.993. The molecule has 0 saturated carbocycles. The number of carbonyl (C=O) groups excluding carboxylic acids is 1. The maximum atomic E-state index is 11.3. The number of pyridine rings is 1. The van der Waals surface area contributed by atoms with Crippen LogP contribution in [0.25, 0.3) is 0 Å². The molecule has 1 rings (SSSR count). The fourth-order valence-electron chi connectivity index (χ4n) is 0.888. The fraction of sp³-hybridized carbons (Fsp3) is 0.333. The fourth-order valence-corrected chi connectivity index (χ4v) is 1.10. The van der Waals surface area contributed by atoms with Crippen molar-refractivity contribution < 1.29 is 9.90 Å². The summed E-state index contributed by atoms with van der Waals surface area (Å²) in [5.41, 5.74) is 1.23. The molecular weight excluding hydrogens is 234 g/mol. The second-order valence-corrected chi connectivity index (χ2v) is 3.71. The Morgan fingerprint density at radius 2 is 2.31 bits per heavy atom. The zero-order valence-electron chi connectivity index (χ0n) is 7.41. The Bertz CT molecular complexity index is 336. The van der Waals surface area contributed by atoms with Gasteiger partial charge >= 0.3 is 0 Å². The van der Waals surface area contributed by atoms with Crippen LogP contribution in [0.1, 0.15) is 23.0 Å². The molecule has 0 fully saturated rings. The molecule has 1 heterocycles. The third-order valence-electron chi connectivity index (χ3n) is 1.68. The Labute approximate surface area is 84.9 Å². The molecule has 1 N–H and O–H groups in total. The lowest BCUT2D eigenvalue weighted by Gasteiger charge is -2.04. The first-order valence-corrected chi connectivity index (χ1v) is 4.66. The molecule has 0 aromatic carbocycles. The number of carbonyl (C=O) groups is 1. The molecular formula is C9H10BrNO2. The Morgan fingerprint density at radius 3 is 2.77 bits per heavy atom. The second kappa shape index (κ2) is 3.98. The van der Waals surface area contributed by atoms with E-state index in [1.54, 1.807) is 12.3 Å². The summed E-state index contributed by atoms with van der Waals surface area (Å²) in [5.74, 6) is -0.351. The molecule has 0 amide bonds. The summed E-state index contributed by atoms with van der Waals surface area (Å²) in [6.45, 7) is 3.30. The number of hydrogen-bond acceptors (Lipinski definition) is 3. The first-order chi connectivity index (χ1) is 6.02. The molecule has 0 aliphatic heterocycles. The van der Waals surface area contributed by atoms with Crippen molar-refractivity contribution in [2.45, 2.75) is 20.0 Å². The number of hydrogen-bond donors (Lipinski definition) is 1. The van der Waals surface area contributed by atoms with Gasteiger partial charge in [-0.15, -0.1) is 0 Å². The minimum Gasteiger partial charge on any atom is -0.385 e. The Balaban J connectivity index is 3.04. The quantitative estimate of drug-likeness (QED) is 0.806. The number of ketones is 1. The van der Waals surface area contributed by atoms with Crippen LogP contribution < -0.4 is 0 Å². The lowest BCUT2D eigenvalue weighted by atomic mass is 10.1. The van der Waals surface area contributed by atoms with E-state index in [0.717, 1.165) is 10.0 Å². The van der Waals surface area contributed by atoms with Crippen molar-refractivity contribution >= 4 is 21.7 Å². The van der Waals surface area contributed by atoms with Crippen LogP contribution in [-0.2, 0) is 0 Å². The molecule has 3 nitrogen and oxygen atoms in total. The molecule has 0 unspecified atom stereocenters. The molecule has 4 heteroatoms. The normalized spacial score (nSPS) is 12.6.